The Kier molecular flexibility index (Phi) is 6.51. The molecule has 136 valence electrons. The van der Waals surface area contributed by atoms with Crippen LogP contribution >= 0.6 is 11.8 Å². The summed E-state index contributed by atoms with van der Waals surface area (Å²) in [7, 11) is 0. The van der Waals surface area contributed by atoms with Gasteiger partial charge in [0.05, 0.1) is 0 Å². The van der Waals surface area contributed by atoms with Crippen molar-refractivity contribution in [1.82, 2.24) is 4.90 Å². The van der Waals surface area contributed by atoms with Crippen LogP contribution < -0.4 is 0 Å². The van der Waals surface area contributed by atoms with Crippen LogP contribution in [0.25, 0.3) is 11.1 Å². The first kappa shape index (κ1) is 18.7. The van der Waals surface area contributed by atoms with Crippen molar-refractivity contribution >= 4 is 23.5 Å². The summed E-state index contributed by atoms with van der Waals surface area (Å²) in [5.74, 6) is 1.10. The van der Waals surface area contributed by atoms with Gasteiger partial charge in [0.2, 0.25) is 5.91 Å². The van der Waals surface area contributed by atoms with E-state index >= 15 is 0 Å². The number of carbonyl (C=O) groups is 2. The highest BCUT2D eigenvalue weighted by molar-refractivity contribution is 7.98. The number of likely N-dealkylation sites (tertiary alicyclic amines) is 1. The summed E-state index contributed by atoms with van der Waals surface area (Å²) in [6, 6.07) is 18.0. The zero-order valence-corrected chi connectivity index (χ0v) is 16.0. The van der Waals surface area contributed by atoms with Crippen molar-refractivity contribution in [3.05, 3.63) is 60.2 Å². The summed E-state index contributed by atoms with van der Waals surface area (Å²) in [5.41, 5.74) is 3.00. The number of carbonyl (C=O) groups excluding carboxylic acids is 2. The minimum Gasteiger partial charge on any atom is -0.342 e. The normalized spacial score (nSPS) is 17.1. The largest absolute Gasteiger partial charge is 0.342 e. The molecule has 1 aliphatic heterocycles. The second kappa shape index (κ2) is 9.04. The van der Waals surface area contributed by atoms with Crippen molar-refractivity contribution in [2.45, 2.75) is 19.3 Å². The zero-order chi connectivity index (χ0) is 18.4. The molecule has 1 amide bonds. The molecule has 4 heteroatoms. The molecule has 0 aliphatic carbocycles. The molecular weight excluding hydrogens is 342 g/mol. The summed E-state index contributed by atoms with van der Waals surface area (Å²) in [6.07, 6.45) is 4.35. The summed E-state index contributed by atoms with van der Waals surface area (Å²) in [5, 5.41) is 0. The smallest absolute Gasteiger partial charge is 0.223 e. The van der Waals surface area contributed by atoms with E-state index in [9.17, 15) is 9.59 Å². The summed E-state index contributed by atoms with van der Waals surface area (Å²) in [6.45, 7) is 1.34. The molecule has 0 aromatic heterocycles. The van der Waals surface area contributed by atoms with Crippen molar-refractivity contribution in [2.75, 3.05) is 25.1 Å². The van der Waals surface area contributed by atoms with Gasteiger partial charge in [0.15, 0.2) is 5.78 Å². The molecule has 2 aromatic carbocycles. The van der Waals surface area contributed by atoms with Gasteiger partial charge in [-0.25, -0.2) is 0 Å². The maximum Gasteiger partial charge on any atom is 0.223 e. The number of nitrogens with zero attached hydrogens (tertiary/aromatic N) is 1. The van der Waals surface area contributed by atoms with Crippen LogP contribution in [0.2, 0.25) is 0 Å². The van der Waals surface area contributed by atoms with Gasteiger partial charge in [0.1, 0.15) is 0 Å². The van der Waals surface area contributed by atoms with Crippen LogP contribution in [0, 0.1) is 5.92 Å². The molecule has 0 N–H and O–H groups in total. The van der Waals surface area contributed by atoms with Crippen LogP contribution in [0.3, 0.4) is 0 Å². The van der Waals surface area contributed by atoms with Crippen LogP contribution in [0.5, 0.6) is 0 Å². The zero-order valence-electron chi connectivity index (χ0n) is 15.2. The first-order valence-corrected chi connectivity index (χ1v) is 10.5. The average molecular weight is 368 g/mol. The van der Waals surface area contributed by atoms with Gasteiger partial charge in [-0.1, -0.05) is 54.6 Å². The molecule has 1 unspecified atom stereocenters. The Morgan fingerprint density at radius 3 is 2.42 bits per heavy atom. The maximum absolute atomic E-state index is 12.9. The number of hydrogen-bond donors (Lipinski definition) is 0. The van der Waals surface area contributed by atoms with E-state index in [1.54, 1.807) is 11.8 Å². The molecule has 1 saturated heterocycles. The Morgan fingerprint density at radius 2 is 1.73 bits per heavy atom. The van der Waals surface area contributed by atoms with Crippen LogP contribution in [0.15, 0.2) is 54.6 Å². The number of ketones is 1. The van der Waals surface area contributed by atoms with Crippen LogP contribution in [0.4, 0.5) is 0 Å². The van der Waals surface area contributed by atoms with Gasteiger partial charge in [-0.15, -0.1) is 0 Å². The van der Waals surface area contributed by atoms with E-state index in [1.165, 1.54) is 0 Å². The van der Waals surface area contributed by atoms with Gasteiger partial charge >= 0.3 is 0 Å². The average Bonchev–Trinajstić information content (AvgIpc) is 2.72. The van der Waals surface area contributed by atoms with E-state index in [2.05, 4.69) is 12.1 Å². The fraction of sp³-hybridized carbons (Fsp3) is 0.364. The molecule has 1 fully saturated rings. The molecule has 0 bridgehead atoms. The van der Waals surface area contributed by atoms with Crippen molar-refractivity contribution in [1.29, 1.82) is 0 Å². The summed E-state index contributed by atoms with van der Waals surface area (Å²) >= 11 is 1.68. The lowest BCUT2D eigenvalue weighted by atomic mass is 9.89. The first-order valence-electron chi connectivity index (χ1n) is 9.15. The third kappa shape index (κ3) is 4.55. The fourth-order valence-corrected chi connectivity index (χ4v) is 3.84. The molecule has 26 heavy (non-hydrogen) atoms. The predicted molar refractivity (Wildman–Crippen MR) is 109 cm³/mol. The Labute approximate surface area is 159 Å². The monoisotopic (exact) mass is 367 g/mol. The van der Waals surface area contributed by atoms with Crippen LogP contribution in [0.1, 0.15) is 29.6 Å². The van der Waals surface area contributed by atoms with Crippen molar-refractivity contribution in [3.63, 3.8) is 0 Å². The number of amides is 1. The van der Waals surface area contributed by atoms with Gasteiger partial charge in [0.25, 0.3) is 0 Å². The van der Waals surface area contributed by atoms with E-state index in [4.69, 9.17) is 0 Å². The highest BCUT2D eigenvalue weighted by atomic mass is 32.2. The van der Waals surface area contributed by atoms with Crippen molar-refractivity contribution in [2.24, 2.45) is 5.92 Å². The third-order valence-electron chi connectivity index (χ3n) is 4.94. The number of benzene rings is 2. The second-order valence-electron chi connectivity index (χ2n) is 6.73. The van der Waals surface area contributed by atoms with Gasteiger partial charge < -0.3 is 4.90 Å². The van der Waals surface area contributed by atoms with E-state index in [0.29, 0.717) is 13.0 Å². The van der Waals surface area contributed by atoms with Gasteiger partial charge in [-0.05, 0) is 30.2 Å². The Hall–Kier alpha value is -2.07. The quantitative estimate of drug-likeness (QED) is 0.704. The van der Waals surface area contributed by atoms with Crippen molar-refractivity contribution in [3.8, 4) is 11.1 Å². The lowest BCUT2D eigenvalue weighted by molar-refractivity contribution is -0.132. The SMILES string of the molecule is CSCCC(=O)N1CCCC(C(=O)c2ccc(-c3ccccc3)cc2)C1. The van der Waals surface area contributed by atoms with E-state index in [-0.39, 0.29) is 17.6 Å². The fourth-order valence-electron chi connectivity index (χ4n) is 3.46. The Balaban J connectivity index is 1.66. The van der Waals surface area contributed by atoms with E-state index < -0.39 is 0 Å². The molecule has 1 heterocycles. The molecule has 1 aliphatic rings. The van der Waals surface area contributed by atoms with Crippen LogP contribution in [-0.2, 0) is 4.79 Å². The Morgan fingerprint density at radius 1 is 1.04 bits per heavy atom. The molecule has 1 atom stereocenters. The highest BCUT2D eigenvalue weighted by Crippen LogP contribution is 2.24. The summed E-state index contributed by atoms with van der Waals surface area (Å²) < 4.78 is 0. The molecule has 3 rings (SSSR count). The molecule has 0 radical (unpaired) electrons. The van der Waals surface area contributed by atoms with E-state index in [1.807, 2.05) is 53.6 Å². The number of rotatable bonds is 6. The topological polar surface area (TPSA) is 37.4 Å². The molecule has 3 nitrogen and oxygen atoms in total. The molecule has 0 spiro atoms. The highest BCUT2D eigenvalue weighted by Gasteiger charge is 2.28. The lowest BCUT2D eigenvalue weighted by Gasteiger charge is -2.32. The number of Topliss-reactive ketones (excluding diaryl/α,β-unsaturated/α-hetero) is 1. The predicted octanol–water partition coefficient (Wildman–Crippen LogP) is 4.53. The summed E-state index contributed by atoms with van der Waals surface area (Å²) in [4.78, 5) is 27.0. The number of hydrogen-bond acceptors (Lipinski definition) is 3. The number of piperidine rings is 1. The second-order valence-corrected chi connectivity index (χ2v) is 7.71. The molecule has 2 aromatic rings. The minimum atomic E-state index is -0.0791. The number of thioether (sulfide) groups is 1. The van der Waals surface area contributed by atoms with E-state index in [0.717, 1.165) is 41.8 Å². The maximum atomic E-state index is 12.9. The minimum absolute atomic E-state index is 0.0791. The molecule has 0 saturated carbocycles. The Bertz CT molecular complexity index is 742. The first-order chi connectivity index (χ1) is 12.7. The third-order valence-corrected chi connectivity index (χ3v) is 5.55. The van der Waals surface area contributed by atoms with Gasteiger partial charge in [0, 0.05) is 36.7 Å². The molecular formula is C22H25NO2S. The van der Waals surface area contributed by atoms with Gasteiger partial charge in [-0.2, -0.15) is 11.8 Å². The van der Waals surface area contributed by atoms with Crippen molar-refractivity contribution < 1.29 is 9.59 Å². The van der Waals surface area contributed by atoms with Crippen LogP contribution in [-0.4, -0.2) is 41.7 Å². The van der Waals surface area contributed by atoms with Gasteiger partial charge in [-0.3, -0.25) is 9.59 Å². The lowest BCUT2D eigenvalue weighted by Crippen LogP contribution is -2.42. The standard InChI is InChI=1S/C22H25NO2S/c1-26-15-13-21(24)23-14-5-8-20(16-23)22(25)19-11-9-18(10-12-19)17-6-3-2-4-7-17/h2-4,6-7,9-12,20H,5,8,13-16H2,1H3.